The summed E-state index contributed by atoms with van der Waals surface area (Å²) in [7, 11) is 5.69. The van der Waals surface area contributed by atoms with Gasteiger partial charge >= 0.3 is 0 Å². The Morgan fingerprint density at radius 2 is 2.00 bits per heavy atom. The van der Waals surface area contributed by atoms with Gasteiger partial charge in [-0.1, -0.05) is 0 Å². The Labute approximate surface area is 135 Å². The molecule has 0 heterocycles. The van der Waals surface area contributed by atoms with Gasteiger partial charge in [-0.3, -0.25) is 4.79 Å². The van der Waals surface area contributed by atoms with Crippen molar-refractivity contribution in [2.24, 2.45) is 0 Å². The molecule has 5 nitrogen and oxygen atoms in total. The van der Waals surface area contributed by atoms with Crippen LogP contribution >= 0.6 is 15.9 Å². The van der Waals surface area contributed by atoms with E-state index in [4.69, 9.17) is 10.5 Å². The Kier molecular flexibility index (Phi) is 7.71. The normalized spacial score (nSPS) is 10.9. The van der Waals surface area contributed by atoms with E-state index in [0.717, 1.165) is 17.4 Å². The van der Waals surface area contributed by atoms with Crippen molar-refractivity contribution >= 4 is 27.5 Å². The zero-order valence-corrected chi connectivity index (χ0v) is 14.5. The van der Waals surface area contributed by atoms with Gasteiger partial charge in [0.05, 0.1) is 12.2 Å². The summed E-state index contributed by atoms with van der Waals surface area (Å²) in [5.41, 5.74) is 6.96. The molecule has 0 spiro atoms. The van der Waals surface area contributed by atoms with Crippen molar-refractivity contribution < 1.29 is 9.53 Å². The van der Waals surface area contributed by atoms with E-state index in [1.54, 1.807) is 25.3 Å². The number of nitrogens with two attached hydrogens (primary N) is 1. The van der Waals surface area contributed by atoms with Gasteiger partial charge in [-0.15, -0.1) is 0 Å². The molecule has 1 aromatic carbocycles. The number of hydrogen-bond donors (Lipinski definition) is 1. The highest BCUT2D eigenvalue weighted by molar-refractivity contribution is 9.10. The lowest BCUT2D eigenvalue weighted by atomic mass is 10.1. The van der Waals surface area contributed by atoms with Crippen LogP contribution in [0, 0.1) is 0 Å². The van der Waals surface area contributed by atoms with Gasteiger partial charge in [-0.05, 0) is 61.2 Å². The van der Waals surface area contributed by atoms with E-state index < -0.39 is 0 Å². The van der Waals surface area contributed by atoms with Crippen LogP contribution in [0.25, 0.3) is 0 Å². The highest BCUT2D eigenvalue weighted by Gasteiger charge is 2.18. The zero-order chi connectivity index (χ0) is 15.8. The quantitative estimate of drug-likeness (QED) is 0.723. The van der Waals surface area contributed by atoms with E-state index in [1.165, 1.54) is 0 Å². The number of ether oxygens (including phenoxy) is 1. The predicted octanol–water partition coefficient (Wildman–Crippen LogP) is 2.07. The molecule has 21 heavy (non-hydrogen) atoms. The monoisotopic (exact) mass is 357 g/mol. The smallest absolute Gasteiger partial charge is 0.255 e. The molecule has 0 aliphatic heterocycles. The van der Waals surface area contributed by atoms with Crippen molar-refractivity contribution in [1.82, 2.24) is 9.80 Å². The molecular formula is C15H24BrN3O2. The highest BCUT2D eigenvalue weighted by atomic mass is 79.9. The van der Waals surface area contributed by atoms with Crippen LogP contribution in [0.2, 0.25) is 0 Å². The first-order valence-electron chi connectivity index (χ1n) is 6.93. The maximum absolute atomic E-state index is 12.7. The summed E-state index contributed by atoms with van der Waals surface area (Å²) in [4.78, 5) is 16.6. The van der Waals surface area contributed by atoms with Crippen molar-refractivity contribution in [3.05, 3.63) is 28.2 Å². The van der Waals surface area contributed by atoms with E-state index in [0.29, 0.717) is 30.9 Å². The molecule has 0 aromatic heterocycles. The number of carbonyl (C=O) groups is 1. The molecule has 2 N–H and O–H groups in total. The fraction of sp³-hybridized carbons (Fsp3) is 0.533. The Morgan fingerprint density at radius 3 is 2.62 bits per heavy atom. The highest BCUT2D eigenvalue weighted by Crippen LogP contribution is 2.21. The maximum atomic E-state index is 12.7. The minimum Gasteiger partial charge on any atom is -0.399 e. The molecule has 0 radical (unpaired) electrons. The number of nitrogen functional groups attached to an aromatic ring is 1. The Balaban J connectivity index is 2.80. The minimum absolute atomic E-state index is 0.0232. The molecule has 0 saturated heterocycles. The van der Waals surface area contributed by atoms with Crippen LogP contribution in [0.15, 0.2) is 22.7 Å². The number of anilines is 1. The van der Waals surface area contributed by atoms with Crippen LogP contribution in [0.1, 0.15) is 16.8 Å². The molecule has 0 bridgehead atoms. The van der Waals surface area contributed by atoms with Crippen LogP contribution in [0.4, 0.5) is 5.69 Å². The van der Waals surface area contributed by atoms with Gasteiger partial charge in [0, 0.05) is 30.4 Å². The molecule has 0 aliphatic rings. The zero-order valence-electron chi connectivity index (χ0n) is 12.9. The summed E-state index contributed by atoms with van der Waals surface area (Å²) in [6.45, 7) is 2.73. The van der Waals surface area contributed by atoms with Crippen LogP contribution in [-0.2, 0) is 4.74 Å². The lowest BCUT2D eigenvalue weighted by molar-refractivity contribution is 0.0688. The van der Waals surface area contributed by atoms with E-state index in [1.807, 2.05) is 19.0 Å². The van der Waals surface area contributed by atoms with Crippen LogP contribution < -0.4 is 5.73 Å². The van der Waals surface area contributed by atoms with Crippen molar-refractivity contribution in [1.29, 1.82) is 0 Å². The molecule has 1 amide bonds. The number of amides is 1. The second kappa shape index (κ2) is 9.02. The van der Waals surface area contributed by atoms with Gasteiger partial charge in [0.2, 0.25) is 0 Å². The van der Waals surface area contributed by atoms with Gasteiger partial charge < -0.3 is 20.3 Å². The average molecular weight is 358 g/mol. The first-order valence-corrected chi connectivity index (χ1v) is 7.73. The molecule has 1 rings (SSSR count). The van der Waals surface area contributed by atoms with E-state index >= 15 is 0 Å². The summed E-state index contributed by atoms with van der Waals surface area (Å²) in [5.74, 6) is -0.0232. The number of hydrogen-bond acceptors (Lipinski definition) is 4. The molecule has 0 unspecified atom stereocenters. The molecule has 0 fully saturated rings. The summed E-state index contributed by atoms with van der Waals surface area (Å²) in [6, 6.07) is 5.28. The predicted molar refractivity (Wildman–Crippen MR) is 89.5 cm³/mol. The first-order chi connectivity index (χ1) is 9.95. The van der Waals surface area contributed by atoms with E-state index in [9.17, 15) is 4.79 Å². The molecule has 1 aromatic rings. The number of nitrogens with zero attached hydrogens (tertiary/aromatic N) is 2. The number of rotatable bonds is 8. The lowest BCUT2D eigenvalue weighted by Gasteiger charge is -2.24. The standard InChI is InChI=1S/C15H24BrN3O2/c1-18(2)7-4-8-19(9-10-21-3)15(20)13-11-12(17)5-6-14(13)16/h5-6,11H,4,7-10,17H2,1-3H3. The lowest BCUT2D eigenvalue weighted by Crippen LogP contribution is -2.36. The van der Waals surface area contributed by atoms with E-state index in [2.05, 4.69) is 20.8 Å². The third-order valence-electron chi connectivity index (χ3n) is 3.11. The second-order valence-electron chi connectivity index (χ2n) is 5.18. The van der Waals surface area contributed by atoms with Crippen molar-refractivity contribution in [2.75, 3.05) is 53.2 Å². The third kappa shape index (κ3) is 6.03. The van der Waals surface area contributed by atoms with Gasteiger partial charge in [0.1, 0.15) is 0 Å². The van der Waals surface area contributed by atoms with Gasteiger partial charge in [-0.25, -0.2) is 0 Å². The third-order valence-corrected chi connectivity index (χ3v) is 3.80. The van der Waals surface area contributed by atoms with Crippen LogP contribution in [0.5, 0.6) is 0 Å². The molecular weight excluding hydrogens is 334 g/mol. The summed E-state index contributed by atoms with van der Waals surface area (Å²) in [5, 5.41) is 0. The number of halogens is 1. The molecule has 0 atom stereocenters. The van der Waals surface area contributed by atoms with Crippen LogP contribution in [-0.4, -0.2) is 63.2 Å². The maximum Gasteiger partial charge on any atom is 0.255 e. The molecule has 118 valence electrons. The molecule has 0 aliphatic carbocycles. The largest absolute Gasteiger partial charge is 0.399 e. The number of benzene rings is 1. The van der Waals surface area contributed by atoms with Crippen molar-refractivity contribution in [2.45, 2.75) is 6.42 Å². The number of carbonyl (C=O) groups excluding carboxylic acids is 1. The average Bonchev–Trinajstić information content (AvgIpc) is 2.44. The summed E-state index contributed by atoms with van der Waals surface area (Å²) in [6.07, 6.45) is 0.919. The van der Waals surface area contributed by atoms with Gasteiger partial charge in [0.25, 0.3) is 5.91 Å². The molecule has 6 heteroatoms. The summed E-state index contributed by atoms with van der Waals surface area (Å²) >= 11 is 3.42. The van der Waals surface area contributed by atoms with Crippen molar-refractivity contribution in [3.63, 3.8) is 0 Å². The Bertz CT molecular complexity index is 466. The SMILES string of the molecule is COCCN(CCCN(C)C)C(=O)c1cc(N)ccc1Br. The minimum atomic E-state index is -0.0232. The Hall–Kier alpha value is -1.11. The van der Waals surface area contributed by atoms with Gasteiger partial charge in [0.15, 0.2) is 0 Å². The van der Waals surface area contributed by atoms with Crippen LogP contribution in [0.3, 0.4) is 0 Å². The van der Waals surface area contributed by atoms with Crippen molar-refractivity contribution in [3.8, 4) is 0 Å². The molecule has 0 saturated carbocycles. The fourth-order valence-electron chi connectivity index (χ4n) is 1.97. The fourth-order valence-corrected chi connectivity index (χ4v) is 2.39. The van der Waals surface area contributed by atoms with E-state index in [-0.39, 0.29) is 5.91 Å². The summed E-state index contributed by atoms with van der Waals surface area (Å²) < 4.78 is 5.86. The second-order valence-corrected chi connectivity index (χ2v) is 6.04. The topological polar surface area (TPSA) is 58.8 Å². The first kappa shape index (κ1) is 17.9. The van der Waals surface area contributed by atoms with Gasteiger partial charge in [-0.2, -0.15) is 0 Å². The number of methoxy groups -OCH3 is 1. The Morgan fingerprint density at radius 1 is 1.29 bits per heavy atom.